The van der Waals surface area contributed by atoms with E-state index in [2.05, 4.69) is 5.32 Å². The number of hydroxylamine groups is 1. The Bertz CT molecular complexity index is 777. The number of carbonyl (C=O) groups is 2. The van der Waals surface area contributed by atoms with Gasteiger partial charge in [-0.25, -0.2) is 9.87 Å². The number of halogens is 1. The quantitative estimate of drug-likeness (QED) is 0.596. The fourth-order valence-corrected chi connectivity index (χ4v) is 2.65. The van der Waals surface area contributed by atoms with E-state index in [0.29, 0.717) is 36.4 Å². The molecule has 0 radical (unpaired) electrons. The molecule has 2 aromatic rings. The van der Waals surface area contributed by atoms with Crippen molar-refractivity contribution >= 4 is 23.2 Å². The molecule has 0 bridgehead atoms. The number of carbonyl (C=O) groups excluding carboxylic acids is 2. The number of nitrogens with zero attached hydrogens (tertiary/aromatic N) is 1. The van der Waals surface area contributed by atoms with Gasteiger partial charge in [-0.2, -0.15) is 0 Å². The zero-order valence-electron chi connectivity index (χ0n) is 12.8. The molecule has 0 spiro atoms. The molecule has 6 nitrogen and oxygen atoms in total. The molecule has 0 saturated heterocycles. The highest BCUT2D eigenvalue weighted by atomic mass is 19.1. The molecule has 124 valence electrons. The summed E-state index contributed by atoms with van der Waals surface area (Å²) in [4.78, 5) is 25.0. The van der Waals surface area contributed by atoms with E-state index in [0.717, 1.165) is 5.56 Å². The Morgan fingerprint density at radius 2 is 2.00 bits per heavy atom. The number of hydrogen-bond donors (Lipinski definition) is 3. The minimum absolute atomic E-state index is 0.111. The second-order valence-electron chi connectivity index (χ2n) is 5.52. The van der Waals surface area contributed by atoms with E-state index < -0.39 is 5.91 Å². The minimum Gasteiger partial charge on any atom is -0.365 e. The fourth-order valence-electron chi connectivity index (χ4n) is 2.65. The number of anilines is 2. The van der Waals surface area contributed by atoms with Crippen molar-refractivity contribution in [3.63, 3.8) is 0 Å². The maximum absolute atomic E-state index is 13.6. The number of fused-ring (bicyclic) bond motifs is 1. The van der Waals surface area contributed by atoms with E-state index in [-0.39, 0.29) is 11.7 Å². The van der Waals surface area contributed by atoms with Gasteiger partial charge < -0.3 is 10.2 Å². The predicted molar refractivity (Wildman–Crippen MR) is 86.4 cm³/mol. The average Bonchev–Trinajstić information content (AvgIpc) is 2.74. The lowest BCUT2D eigenvalue weighted by Gasteiger charge is -2.24. The standard InChI is InChI=1S/C17H16FN3O3/c18-13-5-6-14-15(9-13)21(8-7-16(22)19-14)10-11-1-3-12(4-2-11)17(23)20-24/h1-6,9,24H,7-8,10H2,(H,19,22)(H,20,23). The summed E-state index contributed by atoms with van der Waals surface area (Å²) in [6.45, 7) is 0.924. The lowest BCUT2D eigenvalue weighted by Crippen LogP contribution is -2.24. The molecule has 7 heteroatoms. The maximum atomic E-state index is 13.6. The lowest BCUT2D eigenvalue weighted by atomic mass is 10.1. The number of amides is 2. The molecule has 24 heavy (non-hydrogen) atoms. The zero-order chi connectivity index (χ0) is 17.1. The third-order valence-electron chi connectivity index (χ3n) is 3.87. The summed E-state index contributed by atoms with van der Waals surface area (Å²) in [5.41, 5.74) is 4.01. The van der Waals surface area contributed by atoms with Crippen LogP contribution in [0.3, 0.4) is 0 Å². The summed E-state index contributed by atoms with van der Waals surface area (Å²) in [5, 5.41) is 11.4. The van der Waals surface area contributed by atoms with Gasteiger partial charge in [-0.1, -0.05) is 12.1 Å². The molecule has 1 aliphatic heterocycles. The molecule has 0 aromatic heterocycles. The molecule has 0 fully saturated rings. The monoisotopic (exact) mass is 329 g/mol. The van der Waals surface area contributed by atoms with Gasteiger partial charge in [0, 0.05) is 25.1 Å². The van der Waals surface area contributed by atoms with E-state index in [1.807, 2.05) is 4.90 Å². The molecular weight excluding hydrogens is 313 g/mol. The first-order valence-corrected chi connectivity index (χ1v) is 7.44. The third kappa shape index (κ3) is 3.36. The SMILES string of the molecule is O=C1CCN(Cc2ccc(C(=O)NO)cc2)c2cc(F)ccc2N1. The van der Waals surface area contributed by atoms with Crippen LogP contribution in [0.2, 0.25) is 0 Å². The first kappa shape index (κ1) is 15.9. The van der Waals surface area contributed by atoms with Crippen molar-refractivity contribution in [1.82, 2.24) is 5.48 Å². The largest absolute Gasteiger partial charge is 0.365 e. The van der Waals surface area contributed by atoms with Crippen molar-refractivity contribution in [3.05, 3.63) is 59.4 Å². The van der Waals surface area contributed by atoms with Crippen LogP contribution < -0.4 is 15.7 Å². The molecule has 3 rings (SSSR count). The lowest BCUT2D eigenvalue weighted by molar-refractivity contribution is -0.115. The van der Waals surface area contributed by atoms with E-state index >= 15 is 0 Å². The topological polar surface area (TPSA) is 81.7 Å². The van der Waals surface area contributed by atoms with Gasteiger partial charge in [-0.15, -0.1) is 0 Å². The van der Waals surface area contributed by atoms with E-state index in [4.69, 9.17) is 5.21 Å². The van der Waals surface area contributed by atoms with E-state index in [1.54, 1.807) is 35.8 Å². The number of rotatable bonds is 3. The third-order valence-corrected chi connectivity index (χ3v) is 3.87. The van der Waals surface area contributed by atoms with Gasteiger partial charge in [0.2, 0.25) is 5.91 Å². The van der Waals surface area contributed by atoms with Gasteiger partial charge in [-0.3, -0.25) is 14.8 Å². The predicted octanol–water partition coefficient (Wildman–Crippen LogP) is 2.29. The summed E-state index contributed by atoms with van der Waals surface area (Å²) < 4.78 is 13.6. The smallest absolute Gasteiger partial charge is 0.274 e. The first-order valence-electron chi connectivity index (χ1n) is 7.44. The van der Waals surface area contributed by atoms with Crippen LogP contribution in [0.5, 0.6) is 0 Å². The molecule has 0 aliphatic carbocycles. The summed E-state index contributed by atoms with van der Waals surface area (Å²) in [6, 6.07) is 10.9. The Labute approximate surface area is 137 Å². The van der Waals surface area contributed by atoms with Crippen molar-refractivity contribution in [1.29, 1.82) is 0 Å². The molecule has 0 atom stereocenters. The van der Waals surface area contributed by atoms with Gasteiger partial charge in [0.15, 0.2) is 0 Å². The number of hydrogen-bond acceptors (Lipinski definition) is 4. The maximum Gasteiger partial charge on any atom is 0.274 e. The Balaban J connectivity index is 1.85. The number of nitrogens with one attached hydrogen (secondary N) is 2. The van der Waals surface area contributed by atoms with Crippen molar-refractivity contribution in [2.45, 2.75) is 13.0 Å². The van der Waals surface area contributed by atoms with E-state index in [1.165, 1.54) is 12.1 Å². The summed E-state index contributed by atoms with van der Waals surface area (Å²) in [7, 11) is 0. The summed E-state index contributed by atoms with van der Waals surface area (Å²) in [6.07, 6.45) is 0.307. The summed E-state index contributed by atoms with van der Waals surface area (Å²) >= 11 is 0. The molecule has 0 saturated carbocycles. The van der Waals surface area contributed by atoms with E-state index in [9.17, 15) is 14.0 Å². The highest BCUT2D eigenvalue weighted by Gasteiger charge is 2.20. The highest BCUT2D eigenvalue weighted by molar-refractivity contribution is 5.96. The van der Waals surface area contributed by atoms with Crippen LogP contribution >= 0.6 is 0 Å². The van der Waals surface area contributed by atoms with Crippen LogP contribution in [-0.2, 0) is 11.3 Å². The highest BCUT2D eigenvalue weighted by Crippen LogP contribution is 2.30. The van der Waals surface area contributed by atoms with Crippen LogP contribution in [0.25, 0.3) is 0 Å². The van der Waals surface area contributed by atoms with Gasteiger partial charge in [0.25, 0.3) is 5.91 Å². The van der Waals surface area contributed by atoms with Crippen LogP contribution in [0.4, 0.5) is 15.8 Å². The van der Waals surface area contributed by atoms with Crippen molar-refractivity contribution in [2.24, 2.45) is 0 Å². The van der Waals surface area contributed by atoms with Crippen molar-refractivity contribution in [2.75, 3.05) is 16.8 Å². The van der Waals surface area contributed by atoms with Crippen LogP contribution in [0.1, 0.15) is 22.3 Å². The average molecular weight is 329 g/mol. The molecule has 0 unspecified atom stereocenters. The first-order chi connectivity index (χ1) is 11.6. The zero-order valence-corrected chi connectivity index (χ0v) is 12.8. The van der Waals surface area contributed by atoms with Crippen molar-refractivity contribution < 1.29 is 19.2 Å². The van der Waals surface area contributed by atoms with Gasteiger partial charge in [0.1, 0.15) is 5.82 Å². The molecule has 1 heterocycles. The minimum atomic E-state index is -0.585. The summed E-state index contributed by atoms with van der Waals surface area (Å²) in [5.74, 6) is -1.07. The van der Waals surface area contributed by atoms with Gasteiger partial charge >= 0.3 is 0 Å². The molecule has 2 amide bonds. The normalized spacial score (nSPS) is 13.8. The Kier molecular flexibility index (Phi) is 4.43. The Morgan fingerprint density at radius 1 is 1.25 bits per heavy atom. The van der Waals surface area contributed by atoms with Crippen molar-refractivity contribution in [3.8, 4) is 0 Å². The van der Waals surface area contributed by atoms with Gasteiger partial charge in [0.05, 0.1) is 11.4 Å². The Hall–Kier alpha value is -2.93. The molecule has 3 N–H and O–H groups in total. The second kappa shape index (κ2) is 6.67. The van der Waals surface area contributed by atoms with Crippen LogP contribution in [0, 0.1) is 5.82 Å². The fraction of sp³-hybridized carbons (Fsp3) is 0.176. The number of benzene rings is 2. The molecule has 2 aromatic carbocycles. The second-order valence-corrected chi connectivity index (χ2v) is 5.52. The Morgan fingerprint density at radius 3 is 2.71 bits per heavy atom. The van der Waals surface area contributed by atoms with Crippen LogP contribution in [0.15, 0.2) is 42.5 Å². The molecular formula is C17H16FN3O3. The molecule has 1 aliphatic rings. The van der Waals surface area contributed by atoms with Crippen LogP contribution in [-0.4, -0.2) is 23.6 Å². The van der Waals surface area contributed by atoms with Gasteiger partial charge in [-0.05, 0) is 35.9 Å².